The summed E-state index contributed by atoms with van der Waals surface area (Å²) in [6, 6.07) is 11.5. The first-order valence-corrected chi connectivity index (χ1v) is 15.0. The molecular formula is C34H41N5O5. The van der Waals surface area contributed by atoms with Crippen molar-refractivity contribution in [1.82, 2.24) is 14.5 Å². The number of amides is 2. The summed E-state index contributed by atoms with van der Waals surface area (Å²) in [7, 11) is 1.65. The third-order valence-corrected chi connectivity index (χ3v) is 8.08. The van der Waals surface area contributed by atoms with Crippen LogP contribution in [0, 0.1) is 18.3 Å². The Morgan fingerprint density at radius 3 is 2.66 bits per heavy atom. The van der Waals surface area contributed by atoms with Gasteiger partial charge in [0, 0.05) is 57.8 Å². The van der Waals surface area contributed by atoms with Crippen LogP contribution in [-0.2, 0) is 40.6 Å². The molecule has 10 heteroatoms. The molecule has 0 spiro atoms. The smallest absolute Gasteiger partial charge is 0.261 e. The molecule has 0 radical (unpaired) electrons. The molecule has 1 aliphatic rings. The molecule has 0 saturated carbocycles. The molecule has 2 amide bonds. The average Bonchev–Trinajstić information content (AvgIpc) is 3.47. The van der Waals surface area contributed by atoms with Crippen LogP contribution < -0.4 is 15.8 Å². The number of benzene rings is 1. The van der Waals surface area contributed by atoms with Gasteiger partial charge in [-0.3, -0.25) is 24.3 Å². The number of ether oxygens (including phenoxy) is 1. The Kier molecular flexibility index (Phi) is 9.03. The molecule has 10 nitrogen and oxygen atoms in total. The molecule has 0 atom stereocenters. The zero-order valence-electron chi connectivity index (χ0n) is 26.3. The van der Waals surface area contributed by atoms with Gasteiger partial charge in [-0.2, -0.15) is 0 Å². The summed E-state index contributed by atoms with van der Waals surface area (Å²) in [5.74, 6) is -0.317. The second-order valence-corrected chi connectivity index (χ2v) is 12.5. The van der Waals surface area contributed by atoms with E-state index in [0.29, 0.717) is 61.7 Å². The average molecular weight is 600 g/mol. The third-order valence-electron chi connectivity index (χ3n) is 8.08. The van der Waals surface area contributed by atoms with Crippen LogP contribution in [0.25, 0.3) is 11.0 Å². The minimum Gasteiger partial charge on any atom is -0.464 e. The number of furan rings is 1. The Labute approximate surface area is 257 Å². The summed E-state index contributed by atoms with van der Waals surface area (Å²) in [6.07, 6.45) is 5.14. The van der Waals surface area contributed by atoms with Crippen molar-refractivity contribution in [3.05, 3.63) is 87.8 Å². The minimum absolute atomic E-state index is 0.0916. The van der Waals surface area contributed by atoms with Crippen molar-refractivity contribution in [3.8, 4) is 0 Å². The van der Waals surface area contributed by atoms with Crippen LogP contribution in [0.3, 0.4) is 0 Å². The van der Waals surface area contributed by atoms with E-state index < -0.39 is 5.41 Å². The minimum atomic E-state index is -1.19. The number of aromatic nitrogens is 2. The zero-order chi connectivity index (χ0) is 31.6. The van der Waals surface area contributed by atoms with E-state index in [2.05, 4.69) is 29.0 Å². The quantitative estimate of drug-likeness (QED) is 0.239. The predicted octanol–water partition coefficient (Wildman–Crippen LogP) is 5.11. The Bertz CT molecular complexity index is 1740. The van der Waals surface area contributed by atoms with E-state index in [4.69, 9.17) is 9.15 Å². The van der Waals surface area contributed by atoms with E-state index in [9.17, 15) is 14.4 Å². The molecule has 1 aliphatic heterocycles. The summed E-state index contributed by atoms with van der Waals surface area (Å²) < 4.78 is 12.6. The standard InChI is InChI=1S/C34H41N5O5/c1-22(2)17-39-29-10-9-24(16-27(29)36-32(41)34(4,5)33(39)42)19-37(20-25-8-7-12-35-28(25)21-43-6)13-14-38-18-23(3)30-26(31(38)40)11-15-44-30/h7-12,15-16,18,22H,13-14,17,19-21H2,1-6H3,(H,36,41). The van der Waals surface area contributed by atoms with Crippen LogP contribution in [0.1, 0.15) is 50.1 Å². The number of nitrogens with zero attached hydrogens (tertiary/aromatic N) is 4. The maximum Gasteiger partial charge on any atom is 0.261 e. The van der Waals surface area contributed by atoms with Gasteiger partial charge < -0.3 is 23.9 Å². The maximum atomic E-state index is 13.5. The molecule has 5 rings (SSSR count). The molecule has 3 aromatic heterocycles. The number of methoxy groups -OCH3 is 1. The Hall–Kier alpha value is -4.28. The maximum absolute atomic E-state index is 13.5. The number of carbonyl (C=O) groups excluding carboxylic acids is 2. The summed E-state index contributed by atoms with van der Waals surface area (Å²) in [6.45, 7) is 12.4. The first kappa shape index (κ1) is 31.2. The number of carbonyl (C=O) groups is 2. The lowest BCUT2D eigenvalue weighted by molar-refractivity contribution is -0.136. The van der Waals surface area contributed by atoms with E-state index in [1.165, 1.54) is 0 Å². The normalized spacial score (nSPS) is 14.8. The molecule has 1 aromatic carbocycles. The van der Waals surface area contributed by atoms with Crippen LogP contribution in [0.15, 0.2) is 64.3 Å². The molecular weight excluding hydrogens is 558 g/mol. The van der Waals surface area contributed by atoms with Gasteiger partial charge in [-0.15, -0.1) is 0 Å². The molecule has 0 bridgehead atoms. The summed E-state index contributed by atoms with van der Waals surface area (Å²) in [5.41, 5.74) is 4.39. The van der Waals surface area contributed by atoms with Crippen molar-refractivity contribution in [2.75, 3.05) is 30.4 Å². The molecule has 232 valence electrons. The van der Waals surface area contributed by atoms with Gasteiger partial charge in [0.1, 0.15) is 11.0 Å². The van der Waals surface area contributed by atoms with E-state index in [1.54, 1.807) is 49.0 Å². The third kappa shape index (κ3) is 6.32. The van der Waals surface area contributed by atoms with Crippen molar-refractivity contribution < 1.29 is 18.7 Å². The first-order chi connectivity index (χ1) is 21.0. The van der Waals surface area contributed by atoms with Crippen LogP contribution in [0.4, 0.5) is 11.4 Å². The predicted molar refractivity (Wildman–Crippen MR) is 170 cm³/mol. The monoisotopic (exact) mass is 599 g/mol. The highest BCUT2D eigenvalue weighted by Gasteiger charge is 2.43. The van der Waals surface area contributed by atoms with E-state index in [1.807, 2.05) is 43.5 Å². The lowest BCUT2D eigenvalue weighted by atomic mass is 9.90. The van der Waals surface area contributed by atoms with E-state index in [0.717, 1.165) is 22.4 Å². The summed E-state index contributed by atoms with van der Waals surface area (Å²) >= 11 is 0. The lowest BCUT2D eigenvalue weighted by Crippen LogP contribution is -2.46. The number of pyridine rings is 2. The number of nitrogens with one attached hydrogen (secondary N) is 1. The second kappa shape index (κ2) is 12.8. The fraction of sp³-hybridized carbons (Fsp3) is 0.412. The van der Waals surface area contributed by atoms with Crippen LogP contribution >= 0.6 is 0 Å². The van der Waals surface area contributed by atoms with Crippen LogP contribution in [-0.4, -0.2) is 46.5 Å². The summed E-state index contributed by atoms with van der Waals surface area (Å²) in [5, 5.41) is 3.59. The number of rotatable bonds is 11. The molecule has 4 aromatic rings. The van der Waals surface area contributed by atoms with Gasteiger partial charge in [0.05, 0.1) is 35.3 Å². The number of aryl methyl sites for hydroxylation is 1. The van der Waals surface area contributed by atoms with Crippen LogP contribution in [0.5, 0.6) is 0 Å². The topological polar surface area (TPSA) is 110 Å². The van der Waals surface area contributed by atoms with Crippen molar-refractivity contribution in [2.24, 2.45) is 11.3 Å². The Balaban J connectivity index is 1.47. The van der Waals surface area contributed by atoms with Gasteiger partial charge in [0.2, 0.25) is 11.8 Å². The SMILES string of the molecule is COCc1ncccc1CN(CCn1cc(C)c2occc2c1=O)Cc1ccc2c(c1)NC(=O)C(C)(C)C(=O)N2CC(C)C. The van der Waals surface area contributed by atoms with Crippen molar-refractivity contribution >= 4 is 34.2 Å². The second-order valence-electron chi connectivity index (χ2n) is 12.5. The number of hydrogen-bond donors (Lipinski definition) is 1. The summed E-state index contributed by atoms with van der Waals surface area (Å²) in [4.78, 5) is 48.4. The Morgan fingerprint density at radius 2 is 1.91 bits per heavy atom. The fourth-order valence-electron chi connectivity index (χ4n) is 5.69. The van der Waals surface area contributed by atoms with Gasteiger partial charge in [0.15, 0.2) is 0 Å². The molecule has 0 saturated heterocycles. The van der Waals surface area contributed by atoms with Gasteiger partial charge in [0.25, 0.3) is 5.56 Å². The molecule has 0 fully saturated rings. The lowest BCUT2D eigenvalue weighted by Gasteiger charge is -2.29. The number of hydrogen-bond acceptors (Lipinski definition) is 7. The van der Waals surface area contributed by atoms with Gasteiger partial charge in [-0.05, 0) is 62.1 Å². The Morgan fingerprint density at radius 1 is 1.11 bits per heavy atom. The molecule has 44 heavy (non-hydrogen) atoms. The number of fused-ring (bicyclic) bond motifs is 2. The fourth-order valence-corrected chi connectivity index (χ4v) is 5.69. The van der Waals surface area contributed by atoms with E-state index >= 15 is 0 Å². The highest BCUT2D eigenvalue weighted by molar-refractivity contribution is 6.19. The highest BCUT2D eigenvalue weighted by Crippen LogP contribution is 2.36. The first-order valence-electron chi connectivity index (χ1n) is 15.0. The molecule has 0 unspecified atom stereocenters. The van der Waals surface area contributed by atoms with Crippen molar-refractivity contribution in [3.63, 3.8) is 0 Å². The molecule has 1 N–H and O–H groups in total. The van der Waals surface area contributed by atoms with Crippen molar-refractivity contribution in [2.45, 2.75) is 60.9 Å². The highest BCUT2D eigenvalue weighted by atomic mass is 16.5. The van der Waals surface area contributed by atoms with Gasteiger partial charge in [-0.1, -0.05) is 26.0 Å². The molecule has 0 aliphatic carbocycles. The molecule has 4 heterocycles. The number of anilines is 2. The van der Waals surface area contributed by atoms with E-state index in [-0.39, 0.29) is 23.3 Å². The van der Waals surface area contributed by atoms with Crippen molar-refractivity contribution in [1.29, 1.82) is 0 Å². The van der Waals surface area contributed by atoms with Crippen LogP contribution in [0.2, 0.25) is 0 Å². The largest absolute Gasteiger partial charge is 0.464 e. The zero-order valence-corrected chi connectivity index (χ0v) is 26.3. The van der Waals surface area contributed by atoms with Gasteiger partial charge >= 0.3 is 0 Å². The van der Waals surface area contributed by atoms with Gasteiger partial charge in [-0.25, -0.2) is 0 Å².